The van der Waals surface area contributed by atoms with Gasteiger partial charge in [0.2, 0.25) is 5.91 Å². The average molecular weight is 391 g/mol. The first-order chi connectivity index (χ1) is 13.7. The van der Waals surface area contributed by atoms with Gasteiger partial charge in [-0.3, -0.25) is 4.79 Å². The number of anilines is 1. The van der Waals surface area contributed by atoms with E-state index >= 15 is 0 Å². The quantitative estimate of drug-likeness (QED) is 0.448. The van der Waals surface area contributed by atoms with Crippen LogP contribution in [0.25, 0.3) is 21.9 Å². The van der Waals surface area contributed by atoms with Crippen LogP contribution in [0.4, 0.5) is 5.69 Å². The highest BCUT2D eigenvalue weighted by Crippen LogP contribution is 2.36. The Labute approximate surface area is 167 Å². The number of rotatable bonds is 6. The van der Waals surface area contributed by atoms with E-state index in [0.29, 0.717) is 11.4 Å². The predicted molar refractivity (Wildman–Crippen MR) is 116 cm³/mol. The van der Waals surface area contributed by atoms with Crippen molar-refractivity contribution in [3.8, 4) is 5.75 Å². The highest BCUT2D eigenvalue weighted by atomic mass is 32.2. The Morgan fingerprint density at radius 3 is 2.57 bits per heavy atom. The first kappa shape index (κ1) is 18.4. The van der Waals surface area contributed by atoms with Crippen molar-refractivity contribution in [1.29, 1.82) is 0 Å². The lowest BCUT2D eigenvalue weighted by Gasteiger charge is -2.14. The number of carbonyl (C=O) groups excluding carboxylic acids is 1. The largest absolute Gasteiger partial charge is 0.495 e. The van der Waals surface area contributed by atoms with Gasteiger partial charge < -0.3 is 14.5 Å². The lowest BCUT2D eigenvalue weighted by Crippen LogP contribution is -2.22. The predicted octanol–water partition coefficient (Wildman–Crippen LogP) is 5.86. The van der Waals surface area contributed by atoms with Crippen LogP contribution in [-0.2, 0) is 10.5 Å². The standard InChI is InChI=1S/C23H21NO3S/c1-15(28-14-16-8-4-3-5-9-16)23(25)24-19-13-21-18(12-22(19)26-2)17-10-6-7-11-20(17)27-21/h3-13,15H,14H2,1-2H3,(H,24,25)/t15-/m1/s1. The van der Waals surface area contributed by atoms with E-state index in [-0.39, 0.29) is 11.2 Å². The number of fused-ring (bicyclic) bond motifs is 3. The summed E-state index contributed by atoms with van der Waals surface area (Å²) in [5.41, 5.74) is 3.36. The van der Waals surface area contributed by atoms with Gasteiger partial charge in [0.15, 0.2) is 0 Å². The highest BCUT2D eigenvalue weighted by Gasteiger charge is 2.18. The van der Waals surface area contributed by atoms with Crippen LogP contribution in [0.1, 0.15) is 12.5 Å². The first-order valence-electron chi connectivity index (χ1n) is 9.11. The van der Waals surface area contributed by atoms with Crippen molar-refractivity contribution in [1.82, 2.24) is 0 Å². The van der Waals surface area contributed by atoms with Gasteiger partial charge in [-0.05, 0) is 24.6 Å². The maximum absolute atomic E-state index is 12.7. The minimum atomic E-state index is -0.198. The molecule has 1 amide bonds. The number of thioether (sulfide) groups is 1. The molecule has 0 aliphatic carbocycles. The zero-order chi connectivity index (χ0) is 19.5. The molecule has 4 nitrogen and oxygen atoms in total. The molecule has 0 aliphatic heterocycles. The van der Waals surface area contributed by atoms with Crippen molar-refractivity contribution < 1.29 is 13.9 Å². The highest BCUT2D eigenvalue weighted by molar-refractivity contribution is 7.99. The van der Waals surface area contributed by atoms with E-state index in [2.05, 4.69) is 17.4 Å². The topological polar surface area (TPSA) is 51.5 Å². The number of methoxy groups -OCH3 is 1. The Kier molecular flexibility index (Phi) is 5.26. The summed E-state index contributed by atoms with van der Waals surface area (Å²) in [5, 5.41) is 4.79. The summed E-state index contributed by atoms with van der Waals surface area (Å²) in [5.74, 6) is 1.34. The third-order valence-corrected chi connectivity index (χ3v) is 5.88. The van der Waals surface area contributed by atoms with Crippen LogP contribution in [0.2, 0.25) is 0 Å². The van der Waals surface area contributed by atoms with Crippen molar-refractivity contribution in [2.75, 3.05) is 12.4 Å². The van der Waals surface area contributed by atoms with E-state index < -0.39 is 0 Å². The van der Waals surface area contributed by atoms with E-state index in [1.54, 1.807) is 18.9 Å². The van der Waals surface area contributed by atoms with Crippen molar-refractivity contribution in [3.63, 3.8) is 0 Å². The van der Waals surface area contributed by atoms with E-state index in [4.69, 9.17) is 9.15 Å². The van der Waals surface area contributed by atoms with Crippen LogP contribution in [0, 0.1) is 0 Å². The number of carbonyl (C=O) groups is 1. The second-order valence-corrected chi connectivity index (χ2v) is 7.90. The number of nitrogens with one attached hydrogen (secondary N) is 1. The second-order valence-electron chi connectivity index (χ2n) is 6.57. The molecule has 4 aromatic rings. The van der Waals surface area contributed by atoms with Crippen molar-refractivity contribution in [3.05, 3.63) is 72.3 Å². The van der Waals surface area contributed by atoms with Crippen molar-refractivity contribution in [2.45, 2.75) is 17.9 Å². The number of furan rings is 1. The van der Waals surface area contributed by atoms with Crippen molar-refractivity contribution >= 4 is 45.3 Å². The summed E-state index contributed by atoms with van der Waals surface area (Å²) in [6.45, 7) is 1.91. The fourth-order valence-corrected chi connectivity index (χ4v) is 3.97. The third kappa shape index (κ3) is 3.71. The van der Waals surface area contributed by atoms with E-state index in [1.165, 1.54) is 5.56 Å². The molecule has 1 heterocycles. The van der Waals surface area contributed by atoms with Crippen molar-refractivity contribution in [2.24, 2.45) is 0 Å². The molecule has 0 saturated carbocycles. The maximum Gasteiger partial charge on any atom is 0.237 e. The fourth-order valence-electron chi connectivity index (χ4n) is 3.12. The minimum absolute atomic E-state index is 0.0605. The van der Waals surface area contributed by atoms with Crippen LogP contribution in [0.15, 0.2) is 71.1 Å². The molecule has 0 spiro atoms. The summed E-state index contributed by atoms with van der Waals surface area (Å²) < 4.78 is 11.4. The first-order valence-corrected chi connectivity index (χ1v) is 10.2. The Balaban J connectivity index is 1.54. The van der Waals surface area contributed by atoms with Gasteiger partial charge in [-0.2, -0.15) is 0 Å². The molecule has 142 valence electrons. The summed E-state index contributed by atoms with van der Waals surface area (Å²) in [6, 6.07) is 21.8. The Morgan fingerprint density at radius 2 is 1.79 bits per heavy atom. The molecule has 0 aliphatic rings. The van der Waals surface area contributed by atoms with Gasteiger partial charge >= 0.3 is 0 Å². The lowest BCUT2D eigenvalue weighted by atomic mass is 10.1. The van der Waals surface area contributed by atoms with E-state index in [9.17, 15) is 4.79 Å². The van der Waals surface area contributed by atoms with Gasteiger partial charge in [0.05, 0.1) is 18.0 Å². The van der Waals surface area contributed by atoms with Crippen LogP contribution < -0.4 is 10.1 Å². The summed E-state index contributed by atoms with van der Waals surface area (Å²) in [6.07, 6.45) is 0. The monoisotopic (exact) mass is 391 g/mol. The zero-order valence-electron chi connectivity index (χ0n) is 15.8. The normalized spacial score (nSPS) is 12.2. The second kappa shape index (κ2) is 7.98. The van der Waals surface area contributed by atoms with Crippen LogP contribution >= 0.6 is 11.8 Å². The molecule has 4 rings (SSSR count). The molecule has 5 heteroatoms. The Hall–Kier alpha value is -2.92. The van der Waals surface area contributed by atoms with E-state index in [0.717, 1.165) is 27.7 Å². The Bertz CT molecular complexity index is 1120. The minimum Gasteiger partial charge on any atom is -0.495 e. The molecule has 1 aromatic heterocycles. The third-order valence-electron chi connectivity index (χ3n) is 4.67. The van der Waals surface area contributed by atoms with Gasteiger partial charge in [-0.15, -0.1) is 11.8 Å². The number of ether oxygens (including phenoxy) is 1. The van der Waals surface area contributed by atoms with Crippen LogP contribution in [0.5, 0.6) is 5.75 Å². The number of benzene rings is 3. The number of amides is 1. The SMILES string of the molecule is COc1cc2c(cc1NC(=O)[C@@H](C)SCc1ccccc1)oc1ccccc12. The number of hydrogen-bond acceptors (Lipinski definition) is 4. The smallest absolute Gasteiger partial charge is 0.237 e. The maximum atomic E-state index is 12.7. The fraction of sp³-hybridized carbons (Fsp3) is 0.174. The summed E-state index contributed by atoms with van der Waals surface area (Å²) >= 11 is 1.60. The molecule has 1 N–H and O–H groups in total. The van der Waals surface area contributed by atoms with Gasteiger partial charge in [-0.1, -0.05) is 48.5 Å². The molecule has 0 fully saturated rings. The van der Waals surface area contributed by atoms with Crippen LogP contribution in [-0.4, -0.2) is 18.3 Å². The van der Waals surface area contributed by atoms with Gasteiger partial charge in [-0.25, -0.2) is 0 Å². The number of hydrogen-bond donors (Lipinski definition) is 1. The molecular weight excluding hydrogens is 370 g/mol. The average Bonchev–Trinajstić information content (AvgIpc) is 3.09. The molecule has 0 bridgehead atoms. The molecule has 1 atom stereocenters. The summed E-state index contributed by atoms with van der Waals surface area (Å²) in [7, 11) is 1.60. The molecular formula is C23H21NO3S. The number of para-hydroxylation sites is 1. The molecule has 28 heavy (non-hydrogen) atoms. The summed E-state index contributed by atoms with van der Waals surface area (Å²) in [4.78, 5) is 12.7. The van der Waals surface area contributed by atoms with Gasteiger partial charge in [0, 0.05) is 22.6 Å². The molecule has 3 aromatic carbocycles. The van der Waals surface area contributed by atoms with Gasteiger partial charge in [0.25, 0.3) is 0 Å². The molecule has 0 saturated heterocycles. The Morgan fingerprint density at radius 1 is 1.04 bits per heavy atom. The van der Waals surface area contributed by atoms with Crippen LogP contribution in [0.3, 0.4) is 0 Å². The molecule has 0 unspecified atom stereocenters. The lowest BCUT2D eigenvalue weighted by molar-refractivity contribution is -0.115. The molecule has 0 radical (unpaired) electrons. The van der Waals surface area contributed by atoms with E-state index in [1.807, 2.05) is 61.5 Å². The zero-order valence-corrected chi connectivity index (χ0v) is 16.6. The van der Waals surface area contributed by atoms with Gasteiger partial charge in [0.1, 0.15) is 16.9 Å².